The lowest BCUT2D eigenvalue weighted by Gasteiger charge is -2.37. The van der Waals surface area contributed by atoms with Gasteiger partial charge in [0.2, 0.25) is 5.91 Å². The summed E-state index contributed by atoms with van der Waals surface area (Å²) in [6.07, 6.45) is -3.25. The lowest BCUT2D eigenvalue weighted by atomic mass is 9.98. The van der Waals surface area contributed by atoms with Gasteiger partial charge in [-0.15, -0.1) is 13.2 Å². The van der Waals surface area contributed by atoms with Gasteiger partial charge < -0.3 is 15.2 Å². The van der Waals surface area contributed by atoms with Crippen molar-refractivity contribution in [3.8, 4) is 11.5 Å². The number of amides is 1. The third-order valence-electron chi connectivity index (χ3n) is 5.27. The molecule has 30 heavy (non-hydrogen) atoms. The maximum Gasteiger partial charge on any atom is 0.573 e. The quantitative estimate of drug-likeness (QED) is 0.712. The van der Waals surface area contributed by atoms with Crippen LogP contribution in [0.5, 0.6) is 11.5 Å². The van der Waals surface area contributed by atoms with Crippen LogP contribution in [0.2, 0.25) is 0 Å². The number of carbonyl (C=O) groups excluding carboxylic acids is 1. The summed E-state index contributed by atoms with van der Waals surface area (Å²) in [4.78, 5) is 11.3. The molecular weight excluding hydrogens is 427 g/mol. The van der Waals surface area contributed by atoms with Crippen molar-refractivity contribution in [2.45, 2.75) is 38.1 Å². The fourth-order valence-corrected chi connectivity index (χ4v) is 5.30. The number of ether oxygens (including phenoxy) is 2. The fourth-order valence-electron chi connectivity index (χ4n) is 3.63. The van der Waals surface area contributed by atoms with Crippen molar-refractivity contribution in [1.29, 1.82) is 0 Å². The zero-order chi connectivity index (χ0) is 21.9. The summed E-state index contributed by atoms with van der Waals surface area (Å²) < 4.78 is 74.6. The van der Waals surface area contributed by atoms with E-state index < -0.39 is 22.5 Å². The summed E-state index contributed by atoms with van der Waals surface area (Å²) in [6, 6.07) is 5.09. The predicted octanol–water partition coefficient (Wildman–Crippen LogP) is 1.87. The van der Waals surface area contributed by atoms with Crippen LogP contribution >= 0.6 is 0 Å². The predicted molar refractivity (Wildman–Crippen MR) is 101 cm³/mol. The van der Waals surface area contributed by atoms with Crippen molar-refractivity contribution in [1.82, 2.24) is 8.61 Å². The summed E-state index contributed by atoms with van der Waals surface area (Å²) in [5.74, 6) is -0.637. The van der Waals surface area contributed by atoms with Gasteiger partial charge in [0, 0.05) is 32.1 Å². The Morgan fingerprint density at radius 1 is 0.933 bits per heavy atom. The Labute approximate surface area is 172 Å². The molecule has 0 aromatic heterocycles. The van der Waals surface area contributed by atoms with E-state index in [0.29, 0.717) is 31.4 Å². The molecule has 8 nitrogen and oxygen atoms in total. The van der Waals surface area contributed by atoms with E-state index in [-0.39, 0.29) is 44.0 Å². The molecule has 2 aliphatic heterocycles. The molecule has 2 N–H and O–H groups in total. The summed E-state index contributed by atoms with van der Waals surface area (Å²) in [5.41, 5.74) is 5.29. The third kappa shape index (κ3) is 5.76. The highest BCUT2D eigenvalue weighted by Gasteiger charge is 2.36. The van der Waals surface area contributed by atoms with E-state index in [1.165, 1.54) is 20.7 Å². The smallest absolute Gasteiger partial charge is 0.490 e. The van der Waals surface area contributed by atoms with Crippen LogP contribution in [-0.2, 0) is 15.0 Å². The molecule has 1 amide bonds. The zero-order valence-corrected chi connectivity index (χ0v) is 17.0. The third-order valence-corrected chi connectivity index (χ3v) is 7.31. The molecule has 12 heteroatoms. The summed E-state index contributed by atoms with van der Waals surface area (Å²) >= 11 is 0. The van der Waals surface area contributed by atoms with E-state index in [9.17, 15) is 26.4 Å². The average Bonchev–Trinajstić information content (AvgIpc) is 2.69. The van der Waals surface area contributed by atoms with Gasteiger partial charge in [-0.25, -0.2) is 0 Å². The molecule has 1 aromatic rings. The Morgan fingerprint density at radius 3 is 1.87 bits per heavy atom. The van der Waals surface area contributed by atoms with Gasteiger partial charge in [-0.2, -0.15) is 17.0 Å². The summed E-state index contributed by atoms with van der Waals surface area (Å²) in [7, 11) is -3.62. The number of halogens is 3. The second-order valence-corrected chi connectivity index (χ2v) is 9.25. The van der Waals surface area contributed by atoms with Crippen molar-refractivity contribution in [3.05, 3.63) is 24.3 Å². The maximum atomic E-state index is 12.8. The Bertz CT molecular complexity index is 832. The number of benzene rings is 1. The number of nitrogens with zero attached hydrogens (tertiary/aromatic N) is 2. The number of hydrogen-bond donors (Lipinski definition) is 1. The van der Waals surface area contributed by atoms with Crippen LogP contribution in [0.3, 0.4) is 0 Å². The van der Waals surface area contributed by atoms with Gasteiger partial charge in [-0.1, -0.05) is 0 Å². The van der Waals surface area contributed by atoms with E-state index in [1.54, 1.807) is 0 Å². The Hall–Kier alpha value is -2.05. The number of primary amides is 1. The number of alkyl halides is 3. The first-order valence-electron chi connectivity index (χ1n) is 9.61. The molecule has 2 saturated heterocycles. The minimum Gasteiger partial charge on any atom is -0.490 e. The zero-order valence-electron chi connectivity index (χ0n) is 16.2. The van der Waals surface area contributed by atoms with Crippen molar-refractivity contribution >= 4 is 16.1 Å². The normalized spacial score (nSPS) is 20.8. The molecule has 1 aromatic carbocycles. The first-order valence-corrected chi connectivity index (χ1v) is 11.0. The molecule has 168 valence electrons. The maximum absolute atomic E-state index is 12.8. The monoisotopic (exact) mass is 451 g/mol. The van der Waals surface area contributed by atoms with Crippen LogP contribution in [0.25, 0.3) is 0 Å². The highest BCUT2D eigenvalue weighted by molar-refractivity contribution is 7.86. The Kier molecular flexibility index (Phi) is 6.78. The van der Waals surface area contributed by atoms with E-state index >= 15 is 0 Å². The Morgan fingerprint density at radius 2 is 1.40 bits per heavy atom. The number of piperidine rings is 2. The second-order valence-electron chi connectivity index (χ2n) is 7.32. The van der Waals surface area contributed by atoms with Gasteiger partial charge in [0.25, 0.3) is 10.2 Å². The highest BCUT2D eigenvalue weighted by Crippen LogP contribution is 2.28. The molecule has 2 aliphatic rings. The summed E-state index contributed by atoms with van der Waals surface area (Å²) in [5, 5.41) is 0. The fraction of sp³-hybridized carbons (Fsp3) is 0.611. The molecule has 0 unspecified atom stereocenters. The lowest BCUT2D eigenvalue weighted by molar-refractivity contribution is -0.274. The number of hydrogen-bond acceptors (Lipinski definition) is 5. The van der Waals surface area contributed by atoms with Crippen LogP contribution in [0.15, 0.2) is 24.3 Å². The molecule has 0 radical (unpaired) electrons. The first kappa shape index (κ1) is 22.6. The van der Waals surface area contributed by atoms with Crippen LogP contribution in [-0.4, -0.2) is 61.6 Å². The molecule has 2 heterocycles. The largest absolute Gasteiger partial charge is 0.573 e. The number of nitrogens with two attached hydrogens (primary N) is 1. The number of rotatable bonds is 6. The van der Waals surface area contributed by atoms with Gasteiger partial charge in [0.1, 0.15) is 17.6 Å². The van der Waals surface area contributed by atoms with Gasteiger partial charge in [-0.05, 0) is 49.9 Å². The van der Waals surface area contributed by atoms with E-state index in [0.717, 1.165) is 12.1 Å². The van der Waals surface area contributed by atoms with Crippen LogP contribution in [0.1, 0.15) is 25.7 Å². The molecular formula is C18H24F3N3O5S. The van der Waals surface area contributed by atoms with Crippen LogP contribution in [0.4, 0.5) is 13.2 Å². The van der Waals surface area contributed by atoms with Crippen molar-refractivity contribution < 1.29 is 35.9 Å². The standard InChI is InChI=1S/C18H24F3N3O5S/c19-18(20,21)29-16-3-1-14(2-4-16)28-15-7-11-24(12-8-15)30(26,27)23-9-5-13(6-10-23)17(22)25/h1-4,13,15H,5-12H2,(H2,22,25). The van der Waals surface area contributed by atoms with Crippen LogP contribution in [0, 0.1) is 5.92 Å². The van der Waals surface area contributed by atoms with Gasteiger partial charge in [0.05, 0.1) is 0 Å². The SMILES string of the molecule is NC(=O)C1CCN(S(=O)(=O)N2CCC(Oc3ccc(OC(F)(F)F)cc3)CC2)CC1. The average molecular weight is 451 g/mol. The topological polar surface area (TPSA) is 102 Å². The molecule has 0 bridgehead atoms. The summed E-state index contributed by atoms with van der Waals surface area (Å²) in [6.45, 7) is 1.08. The molecule has 0 atom stereocenters. The van der Waals surface area contributed by atoms with Crippen molar-refractivity contribution in [2.75, 3.05) is 26.2 Å². The minimum atomic E-state index is -4.75. The first-order chi connectivity index (χ1) is 14.0. The Balaban J connectivity index is 1.49. The molecule has 0 aliphatic carbocycles. The van der Waals surface area contributed by atoms with Gasteiger partial charge in [0.15, 0.2) is 0 Å². The van der Waals surface area contributed by atoms with Gasteiger partial charge in [-0.3, -0.25) is 4.79 Å². The van der Waals surface area contributed by atoms with E-state index in [4.69, 9.17) is 10.5 Å². The molecule has 2 fully saturated rings. The molecule has 0 saturated carbocycles. The van der Waals surface area contributed by atoms with E-state index in [1.807, 2.05) is 0 Å². The second kappa shape index (κ2) is 8.98. The minimum absolute atomic E-state index is 0.244. The highest BCUT2D eigenvalue weighted by atomic mass is 32.2. The van der Waals surface area contributed by atoms with E-state index in [2.05, 4.69) is 4.74 Å². The number of carbonyl (C=O) groups is 1. The lowest BCUT2D eigenvalue weighted by Crippen LogP contribution is -2.51. The van der Waals surface area contributed by atoms with Crippen molar-refractivity contribution in [2.24, 2.45) is 11.7 Å². The van der Waals surface area contributed by atoms with Crippen LogP contribution < -0.4 is 15.2 Å². The molecule has 0 spiro atoms. The van der Waals surface area contributed by atoms with Crippen molar-refractivity contribution in [3.63, 3.8) is 0 Å². The molecule has 3 rings (SSSR count). The van der Waals surface area contributed by atoms with Gasteiger partial charge >= 0.3 is 6.36 Å².